The lowest BCUT2D eigenvalue weighted by Gasteiger charge is -2.11. The molecular formula is C9H18F3NO2. The van der Waals surface area contributed by atoms with E-state index in [1.165, 1.54) is 0 Å². The maximum atomic E-state index is 11.6. The van der Waals surface area contributed by atoms with Gasteiger partial charge in [0.1, 0.15) is 6.61 Å². The van der Waals surface area contributed by atoms with Gasteiger partial charge in [-0.15, -0.1) is 0 Å². The van der Waals surface area contributed by atoms with Crippen LogP contribution in [0.4, 0.5) is 13.2 Å². The van der Waals surface area contributed by atoms with Gasteiger partial charge in [0.15, 0.2) is 0 Å². The number of hydrogen-bond acceptors (Lipinski definition) is 3. The quantitative estimate of drug-likeness (QED) is 0.614. The summed E-state index contributed by atoms with van der Waals surface area (Å²) in [7, 11) is 0. The van der Waals surface area contributed by atoms with Crippen LogP contribution in [0.25, 0.3) is 0 Å². The van der Waals surface area contributed by atoms with Gasteiger partial charge in [-0.3, -0.25) is 0 Å². The van der Waals surface area contributed by atoms with Gasteiger partial charge < -0.3 is 15.2 Å². The molecule has 0 fully saturated rings. The first-order chi connectivity index (χ1) is 6.95. The SMILES string of the molecule is CC(CCO)CNCCOCC(F)(F)F. The Morgan fingerprint density at radius 1 is 1.40 bits per heavy atom. The molecule has 92 valence electrons. The number of aliphatic hydroxyl groups is 1. The second-order valence-corrected chi connectivity index (χ2v) is 3.49. The van der Waals surface area contributed by atoms with Crippen molar-refractivity contribution in [3.05, 3.63) is 0 Å². The first-order valence-corrected chi connectivity index (χ1v) is 4.92. The molecule has 0 radical (unpaired) electrons. The van der Waals surface area contributed by atoms with E-state index in [0.717, 1.165) is 0 Å². The second kappa shape index (κ2) is 7.90. The van der Waals surface area contributed by atoms with Gasteiger partial charge in [0.05, 0.1) is 6.61 Å². The van der Waals surface area contributed by atoms with Crippen LogP contribution in [-0.2, 0) is 4.74 Å². The van der Waals surface area contributed by atoms with E-state index in [0.29, 0.717) is 25.4 Å². The molecule has 0 amide bonds. The average molecular weight is 229 g/mol. The van der Waals surface area contributed by atoms with Gasteiger partial charge in [-0.2, -0.15) is 13.2 Å². The standard InChI is InChI=1S/C9H18F3NO2/c1-8(2-4-14)6-13-3-5-15-7-9(10,11)12/h8,13-14H,2-7H2,1H3. The molecule has 0 bridgehead atoms. The zero-order valence-corrected chi connectivity index (χ0v) is 8.81. The van der Waals surface area contributed by atoms with E-state index < -0.39 is 12.8 Å². The zero-order valence-electron chi connectivity index (χ0n) is 8.81. The van der Waals surface area contributed by atoms with E-state index in [4.69, 9.17) is 5.11 Å². The maximum Gasteiger partial charge on any atom is 0.411 e. The minimum atomic E-state index is -4.25. The molecule has 0 aromatic carbocycles. The summed E-state index contributed by atoms with van der Waals surface area (Å²) in [5.74, 6) is 0.317. The highest BCUT2D eigenvalue weighted by Gasteiger charge is 2.27. The Hall–Kier alpha value is -0.330. The molecule has 0 aromatic heterocycles. The molecule has 0 spiro atoms. The zero-order chi connectivity index (χ0) is 11.7. The van der Waals surface area contributed by atoms with Gasteiger partial charge in [-0.25, -0.2) is 0 Å². The van der Waals surface area contributed by atoms with E-state index in [1.54, 1.807) is 0 Å². The highest BCUT2D eigenvalue weighted by atomic mass is 19.4. The Bertz CT molecular complexity index is 153. The number of hydrogen-bond donors (Lipinski definition) is 2. The fourth-order valence-corrected chi connectivity index (χ4v) is 1.00. The van der Waals surface area contributed by atoms with E-state index >= 15 is 0 Å². The van der Waals surface area contributed by atoms with Crippen molar-refractivity contribution in [2.75, 3.05) is 32.9 Å². The van der Waals surface area contributed by atoms with Crippen LogP contribution < -0.4 is 5.32 Å². The van der Waals surface area contributed by atoms with Gasteiger partial charge in [0, 0.05) is 13.2 Å². The smallest absolute Gasteiger partial charge is 0.396 e. The topological polar surface area (TPSA) is 41.5 Å². The number of alkyl halides is 3. The molecule has 15 heavy (non-hydrogen) atoms. The molecular weight excluding hydrogens is 211 g/mol. The summed E-state index contributed by atoms with van der Waals surface area (Å²) < 4.78 is 39.3. The first kappa shape index (κ1) is 14.7. The number of aliphatic hydroxyl groups excluding tert-OH is 1. The Morgan fingerprint density at radius 3 is 2.60 bits per heavy atom. The maximum absolute atomic E-state index is 11.6. The average Bonchev–Trinajstić information content (AvgIpc) is 2.09. The van der Waals surface area contributed by atoms with Crippen LogP contribution in [0, 0.1) is 5.92 Å². The molecule has 0 saturated carbocycles. The van der Waals surface area contributed by atoms with Crippen LogP contribution in [0.2, 0.25) is 0 Å². The van der Waals surface area contributed by atoms with E-state index in [-0.39, 0.29) is 13.2 Å². The Labute approximate surface area is 87.6 Å². The van der Waals surface area contributed by atoms with E-state index in [9.17, 15) is 13.2 Å². The summed E-state index contributed by atoms with van der Waals surface area (Å²) in [5.41, 5.74) is 0. The number of nitrogens with one attached hydrogen (secondary N) is 1. The van der Waals surface area contributed by atoms with E-state index in [1.807, 2.05) is 6.92 Å². The first-order valence-electron chi connectivity index (χ1n) is 4.92. The molecule has 0 aliphatic carbocycles. The summed E-state index contributed by atoms with van der Waals surface area (Å²) in [6, 6.07) is 0. The highest BCUT2D eigenvalue weighted by molar-refractivity contribution is 4.56. The molecule has 0 aliphatic rings. The van der Waals surface area contributed by atoms with Crippen LogP contribution in [0.3, 0.4) is 0 Å². The fraction of sp³-hybridized carbons (Fsp3) is 1.00. The number of ether oxygens (including phenoxy) is 1. The lowest BCUT2D eigenvalue weighted by molar-refractivity contribution is -0.173. The molecule has 1 atom stereocenters. The van der Waals surface area contributed by atoms with Crippen molar-refractivity contribution in [3.8, 4) is 0 Å². The lowest BCUT2D eigenvalue weighted by Crippen LogP contribution is -2.27. The summed E-state index contributed by atoms with van der Waals surface area (Å²) in [5, 5.41) is 11.5. The summed E-state index contributed by atoms with van der Waals surface area (Å²) >= 11 is 0. The van der Waals surface area contributed by atoms with Crippen molar-refractivity contribution in [2.45, 2.75) is 19.5 Å². The molecule has 0 saturated heterocycles. The normalized spacial score (nSPS) is 14.2. The molecule has 0 aromatic rings. The third-order valence-corrected chi connectivity index (χ3v) is 1.80. The van der Waals surface area contributed by atoms with Gasteiger partial charge in [-0.05, 0) is 18.9 Å². The molecule has 6 heteroatoms. The summed E-state index contributed by atoms with van der Waals surface area (Å²) in [4.78, 5) is 0. The van der Waals surface area contributed by atoms with Crippen LogP contribution in [0.5, 0.6) is 0 Å². The Balaban J connectivity index is 3.18. The molecule has 0 aliphatic heterocycles. The Morgan fingerprint density at radius 2 is 2.07 bits per heavy atom. The largest absolute Gasteiger partial charge is 0.411 e. The highest BCUT2D eigenvalue weighted by Crippen LogP contribution is 2.13. The fourth-order valence-electron chi connectivity index (χ4n) is 1.00. The summed E-state index contributed by atoms with van der Waals surface area (Å²) in [6.07, 6.45) is -3.55. The van der Waals surface area contributed by atoms with Crippen molar-refractivity contribution in [1.82, 2.24) is 5.32 Å². The number of halogens is 3. The predicted molar refractivity (Wildman–Crippen MR) is 50.6 cm³/mol. The van der Waals surface area contributed by atoms with Gasteiger partial charge >= 0.3 is 6.18 Å². The molecule has 0 rings (SSSR count). The van der Waals surface area contributed by atoms with Crippen LogP contribution in [0.1, 0.15) is 13.3 Å². The third-order valence-electron chi connectivity index (χ3n) is 1.80. The van der Waals surface area contributed by atoms with Crippen molar-refractivity contribution < 1.29 is 23.0 Å². The van der Waals surface area contributed by atoms with Crippen LogP contribution in [0.15, 0.2) is 0 Å². The Kier molecular flexibility index (Phi) is 7.72. The molecule has 3 nitrogen and oxygen atoms in total. The van der Waals surface area contributed by atoms with E-state index in [2.05, 4.69) is 10.1 Å². The van der Waals surface area contributed by atoms with Crippen molar-refractivity contribution >= 4 is 0 Å². The summed E-state index contributed by atoms with van der Waals surface area (Å²) in [6.45, 7) is 2.02. The van der Waals surface area contributed by atoms with Crippen molar-refractivity contribution in [2.24, 2.45) is 5.92 Å². The molecule has 0 heterocycles. The predicted octanol–water partition coefficient (Wildman–Crippen LogP) is 1.17. The van der Waals surface area contributed by atoms with Gasteiger partial charge in [0.2, 0.25) is 0 Å². The van der Waals surface area contributed by atoms with Gasteiger partial charge in [-0.1, -0.05) is 6.92 Å². The lowest BCUT2D eigenvalue weighted by atomic mass is 10.1. The van der Waals surface area contributed by atoms with Crippen LogP contribution in [-0.4, -0.2) is 44.2 Å². The minimum Gasteiger partial charge on any atom is -0.396 e. The monoisotopic (exact) mass is 229 g/mol. The number of rotatable bonds is 8. The van der Waals surface area contributed by atoms with Crippen LogP contribution >= 0.6 is 0 Å². The minimum absolute atomic E-state index is 0.0470. The molecule has 1 unspecified atom stereocenters. The van der Waals surface area contributed by atoms with Crippen molar-refractivity contribution in [1.29, 1.82) is 0 Å². The third kappa shape index (κ3) is 11.6. The van der Waals surface area contributed by atoms with Gasteiger partial charge in [0.25, 0.3) is 0 Å². The molecule has 2 N–H and O–H groups in total. The van der Waals surface area contributed by atoms with Crippen molar-refractivity contribution in [3.63, 3.8) is 0 Å². The second-order valence-electron chi connectivity index (χ2n) is 3.49.